The van der Waals surface area contributed by atoms with Gasteiger partial charge in [-0.3, -0.25) is 4.79 Å². The quantitative estimate of drug-likeness (QED) is 0.535. The van der Waals surface area contributed by atoms with Gasteiger partial charge < -0.3 is 5.32 Å². The third-order valence-electron chi connectivity index (χ3n) is 5.48. The molecule has 6 heteroatoms. The van der Waals surface area contributed by atoms with Crippen LogP contribution in [0.3, 0.4) is 0 Å². The van der Waals surface area contributed by atoms with Crippen molar-refractivity contribution in [3.05, 3.63) is 70.4 Å². The molecule has 2 aromatic carbocycles. The molecule has 0 spiro atoms. The van der Waals surface area contributed by atoms with E-state index >= 15 is 0 Å². The maximum atomic E-state index is 12.9. The van der Waals surface area contributed by atoms with Gasteiger partial charge in [-0.1, -0.05) is 47.2 Å². The fraction of sp³-hybridized carbons (Fsp3) is 0.261. The van der Waals surface area contributed by atoms with E-state index < -0.39 is 0 Å². The Morgan fingerprint density at radius 2 is 2.03 bits per heavy atom. The molecule has 2 heterocycles. The van der Waals surface area contributed by atoms with E-state index in [0.29, 0.717) is 6.42 Å². The number of fused-ring (bicyclic) bond motifs is 2. The van der Waals surface area contributed by atoms with Crippen LogP contribution >= 0.6 is 11.3 Å². The van der Waals surface area contributed by atoms with E-state index in [-0.39, 0.29) is 5.91 Å². The number of hydrogen-bond acceptors (Lipinski definition) is 4. The number of aromatic nitrogens is 3. The summed E-state index contributed by atoms with van der Waals surface area (Å²) in [5.41, 5.74) is 6.58. The minimum Gasteiger partial charge on any atom is -0.310 e. The number of carbonyl (C=O) groups is 1. The van der Waals surface area contributed by atoms with Crippen molar-refractivity contribution >= 4 is 33.3 Å². The Balaban J connectivity index is 1.48. The summed E-state index contributed by atoms with van der Waals surface area (Å²) in [7, 11) is 0. The molecular weight excluding hydrogens is 380 g/mol. The van der Waals surface area contributed by atoms with E-state index in [1.54, 1.807) is 11.3 Å². The van der Waals surface area contributed by atoms with Crippen LogP contribution in [0.2, 0.25) is 0 Å². The summed E-state index contributed by atoms with van der Waals surface area (Å²) in [6.07, 6.45) is 3.33. The largest absolute Gasteiger partial charge is 0.310 e. The summed E-state index contributed by atoms with van der Waals surface area (Å²) in [6, 6.07) is 14.3. The summed E-state index contributed by atoms with van der Waals surface area (Å²) in [5, 5.41) is 8.74. The zero-order valence-electron chi connectivity index (χ0n) is 16.5. The highest BCUT2D eigenvalue weighted by atomic mass is 32.1. The average molecular weight is 403 g/mol. The number of hydrogen-bond donors (Lipinski definition) is 1. The third kappa shape index (κ3) is 3.34. The second-order valence-corrected chi connectivity index (χ2v) is 8.67. The van der Waals surface area contributed by atoms with E-state index in [4.69, 9.17) is 10.1 Å². The maximum Gasteiger partial charge on any atom is 0.229 e. The minimum absolute atomic E-state index is 0.0195. The second kappa shape index (κ2) is 7.12. The second-order valence-electron chi connectivity index (χ2n) is 7.66. The summed E-state index contributed by atoms with van der Waals surface area (Å²) in [5.74, 6) is 0.764. The molecule has 0 fully saturated rings. The van der Waals surface area contributed by atoms with Crippen molar-refractivity contribution in [3.8, 4) is 5.13 Å². The van der Waals surface area contributed by atoms with E-state index in [1.807, 2.05) is 28.9 Å². The Morgan fingerprint density at radius 1 is 1.17 bits per heavy atom. The van der Waals surface area contributed by atoms with Crippen molar-refractivity contribution in [3.63, 3.8) is 0 Å². The van der Waals surface area contributed by atoms with Gasteiger partial charge in [0.15, 0.2) is 0 Å². The highest BCUT2D eigenvalue weighted by molar-refractivity contribution is 7.20. The number of carbonyl (C=O) groups excluding carboxylic acids is 1. The van der Waals surface area contributed by atoms with Crippen LogP contribution in [0.5, 0.6) is 0 Å². The molecule has 0 radical (unpaired) electrons. The summed E-state index contributed by atoms with van der Waals surface area (Å²) in [4.78, 5) is 17.6. The first-order chi connectivity index (χ1) is 14.1. The SMILES string of the molecule is Cc1ccc(CC(=O)Nc2c3c(nn2-c2nc4ccccc4s2)CCC3)c(C)c1. The molecule has 0 aliphatic heterocycles. The first-order valence-corrected chi connectivity index (χ1v) is 10.7. The average Bonchev–Trinajstić information content (AvgIpc) is 3.39. The summed E-state index contributed by atoms with van der Waals surface area (Å²) in [6.45, 7) is 4.12. The topological polar surface area (TPSA) is 59.8 Å². The predicted molar refractivity (Wildman–Crippen MR) is 117 cm³/mol. The molecule has 1 N–H and O–H groups in total. The summed E-state index contributed by atoms with van der Waals surface area (Å²) < 4.78 is 2.94. The predicted octanol–water partition coefficient (Wildman–Crippen LogP) is 4.77. The van der Waals surface area contributed by atoms with Crippen molar-refractivity contribution in [2.75, 3.05) is 5.32 Å². The summed E-state index contributed by atoms with van der Waals surface area (Å²) >= 11 is 1.59. The van der Waals surface area contributed by atoms with Gasteiger partial charge in [0.1, 0.15) is 5.82 Å². The lowest BCUT2D eigenvalue weighted by molar-refractivity contribution is -0.115. The van der Waals surface area contributed by atoms with Crippen LogP contribution in [-0.2, 0) is 24.1 Å². The van der Waals surface area contributed by atoms with E-state index in [2.05, 4.69) is 37.4 Å². The lowest BCUT2D eigenvalue weighted by Crippen LogP contribution is -2.18. The standard InChI is InChI=1S/C23H22N4OS/c1-14-10-11-16(15(2)12-14)13-21(28)25-22-17-6-5-8-18(17)26-27(22)23-24-19-7-3-4-9-20(19)29-23/h3-4,7,9-12H,5-6,8,13H2,1-2H3,(H,25,28). The lowest BCUT2D eigenvalue weighted by atomic mass is 10.0. The van der Waals surface area contributed by atoms with Gasteiger partial charge in [0.25, 0.3) is 0 Å². The minimum atomic E-state index is -0.0195. The molecule has 5 rings (SSSR count). The molecule has 0 atom stereocenters. The monoisotopic (exact) mass is 402 g/mol. The van der Waals surface area contributed by atoms with Gasteiger partial charge in [0, 0.05) is 5.56 Å². The van der Waals surface area contributed by atoms with Crippen molar-refractivity contribution in [1.29, 1.82) is 0 Å². The molecule has 4 aromatic rings. The normalized spacial score (nSPS) is 13.0. The third-order valence-corrected chi connectivity index (χ3v) is 6.49. The number of para-hydroxylation sites is 1. The Labute approximate surface area is 173 Å². The van der Waals surface area contributed by atoms with Gasteiger partial charge in [-0.05, 0) is 56.4 Å². The lowest BCUT2D eigenvalue weighted by Gasteiger charge is -2.10. The molecule has 1 amide bonds. The van der Waals surface area contributed by atoms with Crippen molar-refractivity contribution < 1.29 is 4.79 Å². The molecule has 1 aliphatic rings. The van der Waals surface area contributed by atoms with Crippen molar-refractivity contribution in [2.24, 2.45) is 0 Å². The molecule has 2 aromatic heterocycles. The molecule has 0 saturated carbocycles. The van der Waals surface area contributed by atoms with Crippen molar-refractivity contribution in [2.45, 2.75) is 39.5 Å². The van der Waals surface area contributed by atoms with E-state index in [0.717, 1.165) is 62.8 Å². The van der Waals surface area contributed by atoms with Gasteiger partial charge >= 0.3 is 0 Å². The van der Waals surface area contributed by atoms with Gasteiger partial charge in [-0.2, -0.15) is 9.78 Å². The van der Waals surface area contributed by atoms with E-state index in [1.165, 1.54) is 5.56 Å². The van der Waals surface area contributed by atoms with Crippen molar-refractivity contribution in [1.82, 2.24) is 14.8 Å². The van der Waals surface area contributed by atoms with Crippen LogP contribution in [0, 0.1) is 13.8 Å². The maximum absolute atomic E-state index is 12.9. The number of rotatable bonds is 4. The van der Waals surface area contributed by atoms with Gasteiger partial charge in [0.2, 0.25) is 11.0 Å². The molecular formula is C23H22N4OS. The van der Waals surface area contributed by atoms with Gasteiger partial charge in [-0.15, -0.1) is 0 Å². The zero-order chi connectivity index (χ0) is 20.0. The Bertz CT molecular complexity index is 1200. The number of nitrogens with zero attached hydrogens (tertiary/aromatic N) is 3. The van der Waals surface area contributed by atoms with Crippen LogP contribution in [0.1, 0.15) is 34.4 Å². The van der Waals surface area contributed by atoms with Crippen LogP contribution in [-0.4, -0.2) is 20.7 Å². The number of anilines is 1. The van der Waals surface area contributed by atoms with E-state index in [9.17, 15) is 4.79 Å². The molecule has 0 unspecified atom stereocenters. The van der Waals surface area contributed by atoms with Crippen LogP contribution in [0.25, 0.3) is 15.3 Å². The first kappa shape index (κ1) is 18.1. The molecule has 146 valence electrons. The van der Waals surface area contributed by atoms with Crippen LogP contribution in [0.15, 0.2) is 42.5 Å². The number of amides is 1. The van der Waals surface area contributed by atoms with Gasteiger partial charge in [-0.25, -0.2) is 4.98 Å². The van der Waals surface area contributed by atoms with Crippen LogP contribution in [0.4, 0.5) is 5.82 Å². The Hall–Kier alpha value is -2.99. The molecule has 5 nitrogen and oxygen atoms in total. The molecule has 1 aliphatic carbocycles. The molecule has 29 heavy (non-hydrogen) atoms. The fourth-order valence-corrected chi connectivity index (χ4v) is 4.93. The highest BCUT2D eigenvalue weighted by Gasteiger charge is 2.25. The fourth-order valence-electron chi connectivity index (χ4n) is 4.00. The smallest absolute Gasteiger partial charge is 0.229 e. The van der Waals surface area contributed by atoms with Crippen LogP contribution < -0.4 is 5.32 Å². The number of benzene rings is 2. The van der Waals surface area contributed by atoms with Gasteiger partial charge in [0.05, 0.1) is 22.3 Å². The molecule has 0 bridgehead atoms. The number of aryl methyl sites for hydroxylation is 3. The number of thiazole rings is 1. The number of nitrogens with one attached hydrogen (secondary N) is 1. The molecule has 0 saturated heterocycles. The highest BCUT2D eigenvalue weighted by Crippen LogP contribution is 2.33. The zero-order valence-corrected chi connectivity index (χ0v) is 17.3. The Morgan fingerprint density at radius 3 is 2.86 bits per heavy atom. The Kier molecular flexibility index (Phi) is 4.43. The first-order valence-electron chi connectivity index (χ1n) is 9.91.